The van der Waals surface area contributed by atoms with Gasteiger partial charge >= 0.3 is 0 Å². The van der Waals surface area contributed by atoms with Crippen LogP contribution in [0.4, 0.5) is 11.4 Å². The Morgan fingerprint density at radius 1 is 1.35 bits per heavy atom. The highest BCUT2D eigenvalue weighted by molar-refractivity contribution is 6.04. The van der Waals surface area contributed by atoms with E-state index in [1.807, 2.05) is 24.3 Å². The van der Waals surface area contributed by atoms with Crippen molar-refractivity contribution in [3.8, 4) is 0 Å². The number of carbonyl (C=O) groups excluding carboxylic acids is 1. The van der Waals surface area contributed by atoms with Crippen LogP contribution in [-0.2, 0) is 9.53 Å². The van der Waals surface area contributed by atoms with Crippen LogP contribution in [0.15, 0.2) is 29.4 Å². The van der Waals surface area contributed by atoms with Gasteiger partial charge in [0.25, 0.3) is 0 Å². The number of hydrogen-bond acceptors (Lipinski definition) is 5. The Kier molecular flexibility index (Phi) is 4.78. The zero-order valence-corrected chi connectivity index (χ0v) is 11.1. The van der Waals surface area contributed by atoms with Gasteiger partial charge in [0, 0.05) is 24.5 Å². The summed E-state index contributed by atoms with van der Waals surface area (Å²) in [5.41, 5.74) is 7.05. The Balaban J connectivity index is 1.92. The van der Waals surface area contributed by atoms with Gasteiger partial charge in [0.2, 0.25) is 5.91 Å². The van der Waals surface area contributed by atoms with Gasteiger partial charge in [0.1, 0.15) is 5.84 Å². The highest BCUT2D eigenvalue weighted by Gasteiger charge is 2.11. The minimum absolute atomic E-state index is 0.118. The number of carbonyl (C=O) groups is 1. The van der Waals surface area contributed by atoms with Crippen molar-refractivity contribution in [2.45, 2.75) is 6.42 Å². The first kappa shape index (κ1) is 14.1. The topological polar surface area (TPSA) is 100 Å². The summed E-state index contributed by atoms with van der Waals surface area (Å²) in [6, 6.07) is 7.55. The molecule has 1 aromatic rings. The number of oxime groups is 1. The van der Waals surface area contributed by atoms with Crippen molar-refractivity contribution < 1.29 is 14.7 Å². The average molecular weight is 278 g/mol. The molecule has 0 bridgehead atoms. The normalized spacial score (nSPS) is 16.0. The molecule has 7 nitrogen and oxygen atoms in total. The SMILES string of the molecule is N/C(CC(=O)Nc1ccc(N2CCOCC2)cc1)=N\O. The van der Waals surface area contributed by atoms with Gasteiger partial charge in [-0.1, -0.05) is 5.16 Å². The fourth-order valence-corrected chi connectivity index (χ4v) is 1.98. The standard InChI is InChI=1S/C13H18N4O3/c14-12(16-19)9-13(18)15-10-1-3-11(4-2-10)17-5-7-20-8-6-17/h1-4,19H,5-9H2,(H2,14,16)(H,15,18). The molecule has 1 saturated heterocycles. The van der Waals surface area contributed by atoms with Crippen molar-refractivity contribution in [1.82, 2.24) is 0 Å². The molecule has 0 aromatic heterocycles. The van der Waals surface area contributed by atoms with Gasteiger partial charge in [-0.05, 0) is 24.3 Å². The maximum absolute atomic E-state index is 11.6. The van der Waals surface area contributed by atoms with Crippen molar-refractivity contribution in [2.24, 2.45) is 10.9 Å². The molecular formula is C13H18N4O3. The van der Waals surface area contributed by atoms with Crippen LogP contribution in [0.3, 0.4) is 0 Å². The van der Waals surface area contributed by atoms with Crippen LogP contribution >= 0.6 is 0 Å². The lowest BCUT2D eigenvalue weighted by molar-refractivity contribution is -0.115. The molecule has 0 aliphatic carbocycles. The molecule has 0 unspecified atom stereocenters. The molecule has 1 fully saturated rings. The quantitative estimate of drug-likeness (QED) is 0.324. The third-order valence-corrected chi connectivity index (χ3v) is 3.00. The third kappa shape index (κ3) is 3.86. The number of ether oxygens (including phenoxy) is 1. The van der Waals surface area contributed by atoms with Crippen LogP contribution in [0.1, 0.15) is 6.42 Å². The Morgan fingerprint density at radius 2 is 2.00 bits per heavy atom. The molecule has 0 atom stereocenters. The van der Waals surface area contributed by atoms with Crippen molar-refractivity contribution in [3.63, 3.8) is 0 Å². The van der Waals surface area contributed by atoms with Crippen LogP contribution < -0.4 is 16.0 Å². The minimum atomic E-state index is -0.320. The second-order valence-electron chi connectivity index (χ2n) is 4.46. The van der Waals surface area contributed by atoms with E-state index in [-0.39, 0.29) is 18.2 Å². The number of morpholine rings is 1. The molecule has 7 heteroatoms. The van der Waals surface area contributed by atoms with Gasteiger partial charge in [-0.3, -0.25) is 4.79 Å². The smallest absolute Gasteiger partial charge is 0.232 e. The van der Waals surface area contributed by atoms with Crippen molar-refractivity contribution in [3.05, 3.63) is 24.3 Å². The number of anilines is 2. The Hall–Kier alpha value is -2.28. The van der Waals surface area contributed by atoms with E-state index in [1.54, 1.807) is 0 Å². The average Bonchev–Trinajstić information content (AvgIpc) is 2.48. The number of nitrogens with one attached hydrogen (secondary N) is 1. The molecule has 4 N–H and O–H groups in total. The van der Waals surface area contributed by atoms with Gasteiger partial charge in [0.05, 0.1) is 19.6 Å². The molecule has 1 amide bonds. The lowest BCUT2D eigenvalue weighted by Gasteiger charge is -2.28. The lowest BCUT2D eigenvalue weighted by Crippen LogP contribution is -2.36. The predicted molar refractivity (Wildman–Crippen MR) is 76.1 cm³/mol. The second kappa shape index (κ2) is 6.76. The van der Waals surface area contributed by atoms with E-state index in [0.29, 0.717) is 5.69 Å². The number of amidine groups is 1. The molecule has 1 aliphatic rings. The maximum atomic E-state index is 11.6. The van der Waals surface area contributed by atoms with E-state index in [4.69, 9.17) is 15.7 Å². The zero-order valence-electron chi connectivity index (χ0n) is 11.1. The molecule has 0 saturated carbocycles. The first-order valence-corrected chi connectivity index (χ1v) is 6.38. The number of benzene rings is 1. The number of hydrogen-bond donors (Lipinski definition) is 3. The van der Waals surface area contributed by atoms with Crippen molar-refractivity contribution in [2.75, 3.05) is 36.5 Å². The lowest BCUT2D eigenvalue weighted by atomic mass is 10.2. The summed E-state index contributed by atoms with van der Waals surface area (Å²) in [6.45, 7) is 3.21. The fraction of sp³-hybridized carbons (Fsp3) is 0.385. The van der Waals surface area contributed by atoms with E-state index in [9.17, 15) is 4.79 Å². The summed E-state index contributed by atoms with van der Waals surface area (Å²) in [5, 5.41) is 13.8. The Labute approximate surface area is 117 Å². The van der Waals surface area contributed by atoms with E-state index in [1.165, 1.54) is 0 Å². The third-order valence-electron chi connectivity index (χ3n) is 3.00. The first-order valence-electron chi connectivity index (χ1n) is 6.38. The van der Waals surface area contributed by atoms with E-state index in [2.05, 4.69) is 15.4 Å². The minimum Gasteiger partial charge on any atom is -0.409 e. The highest BCUT2D eigenvalue weighted by Crippen LogP contribution is 2.19. The Bertz CT molecular complexity index is 481. The highest BCUT2D eigenvalue weighted by atomic mass is 16.5. The van der Waals surface area contributed by atoms with Crippen LogP contribution in [0.25, 0.3) is 0 Å². The van der Waals surface area contributed by atoms with E-state index < -0.39 is 0 Å². The largest absolute Gasteiger partial charge is 0.409 e. The monoisotopic (exact) mass is 278 g/mol. The first-order chi connectivity index (χ1) is 9.69. The summed E-state index contributed by atoms with van der Waals surface area (Å²) >= 11 is 0. The van der Waals surface area contributed by atoms with Crippen LogP contribution in [-0.4, -0.2) is 43.3 Å². The molecule has 1 aliphatic heterocycles. The molecular weight excluding hydrogens is 260 g/mol. The van der Waals surface area contributed by atoms with Crippen LogP contribution in [0.5, 0.6) is 0 Å². The van der Waals surface area contributed by atoms with Gasteiger partial charge in [-0.2, -0.15) is 0 Å². The van der Waals surface area contributed by atoms with Gasteiger partial charge in [-0.25, -0.2) is 0 Å². The van der Waals surface area contributed by atoms with E-state index in [0.717, 1.165) is 32.0 Å². The second-order valence-corrected chi connectivity index (χ2v) is 4.46. The zero-order chi connectivity index (χ0) is 14.4. The molecule has 1 heterocycles. The summed E-state index contributed by atoms with van der Waals surface area (Å²) in [7, 11) is 0. The maximum Gasteiger partial charge on any atom is 0.232 e. The molecule has 108 valence electrons. The van der Waals surface area contributed by atoms with Crippen LogP contribution in [0.2, 0.25) is 0 Å². The number of nitrogens with zero attached hydrogens (tertiary/aromatic N) is 2. The summed E-state index contributed by atoms with van der Waals surface area (Å²) in [5.74, 6) is -0.438. The molecule has 20 heavy (non-hydrogen) atoms. The molecule has 0 spiro atoms. The Morgan fingerprint density at radius 3 is 2.60 bits per heavy atom. The van der Waals surface area contributed by atoms with Gasteiger partial charge in [0.15, 0.2) is 0 Å². The van der Waals surface area contributed by atoms with Gasteiger partial charge < -0.3 is 25.9 Å². The fourth-order valence-electron chi connectivity index (χ4n) is 1.98. The van der Waals surface area contributed by atoms with Crippen molar-refractivity contribution >= 4 is 23.1 Å². The molecule has 1 aromatic carbocycles. The number of rotatable bonds is 4. The van der Waals surface area contributed by atoms with E-state index >= 15 is 0 Å². The van der Waals surface area contributed by atoms with Crippen LogP contribution in [0, 0.1) is 0 Å². The summed E-state index contributed by atoms with van der Waals surface area (Å²) in [6.07, 6.45) is -0.137. The van der Waals surface area contributed by atoms with Gasteiger partial charge in [-0.15, -0.1) is 0 Å². The predicted octanol–water partition coefficient (Wildman–Crippen LogP) is 0.598. The number of nitrogens with two attached hydrogens (primary N) is 1. The molecule has 2 rings (SSSR count). The summed E-state index contributed by atoms with van der Waals surface area (Å²) in [4.78, 5) is 13.8. The van der Waals surface area contributed by atoms with Crippen molar-refractivity contribution in [1.29, 1.82) is 0 Å². The summed E-state index contributed by atoms with van der Waals surface area (Å²) < 4.78 is 5.30. The number of amides is 1. The molecule has 0 radical (unpaired) electrons.